The normalized spacial score (nSPS) is 19.2. The van der Waals surface area contributed by atoms with E-state index in [0.717, 1.165) is 0 Å². The molecular formula is C21H18FN5O3. The molecule has 1 unspecified atom stereocenters. The summed E-state index contributed by atoms with van der Waals surface area (Å²) in [5.41, 5.74) is 1.23. The van der Waals surface area contributed by atoms with Crippen molar-refractivity contribution < 1.29 is 18.5 Å². The first-order valence-corrected chi connectivity index (χ1v) is 9.68. The van der Waals surface area contributed by atoms with Crippen LogP contribution in [-0.4, -0.2) is 51.5 Å². The van der Waals surface area contributed by atoms with Gasteiger partial charge in [0.25, 0.3) is 0 Å². The van der Waals surface area contributed by atoms with Crippen LogP contribution in [0.2, 0.25) is 0 Å². The average molecular weight is 407 g/mol. The number of carbonyl (C=O) groups excluding carboxylic acids is 2. The molecule has 0 N–H and O–H groups in total. The molecule has 2 aliphatic heterocycles. The topological polar surface area (TPSA) is 92.4 Å². The largest absolute Gasteiger partial charge is 0.341 e. The lowest BCUT2D eigenvalue weighted by Crippen LogP contribution is -2.51. The molecule has 1 aromatic carbocycles. The van der Waals surface area contributed by atoms with E-state index in [-0.39, 0.29) is 30.0 Å². The molecule has 0 saturated carbocycles. The van der Waals surface area contributed by atoms with Gasteiger partial charge in [0.2, 0.25) is 23.5 Å². The lowest BCUT2D eigenvalue weighted by molar-refractivity contribution is -0.140. The van der Waals surface area contributed by atoms with Crippen molar-refractivity contribution in [3.8, 4) is 11.5 Å². The monoisotopic (exact) mass is 407 g/mol. The predicted octanol–water partition coefficient (Wildman–Crippen LogP) is 2.25. The lowest BCUT2D eigenvalue weighted by atomic mass is 9.96. The van der Waals surface area contributed by atoms with E-state index in [1.807, 2.05) is 12.1 Å². The highest BCUT2D eigenvalue weighted by atomic mass is 19.1. The fraction of sp³-hybridized carbons (Fsp3) is 0.286. The van der Waals surface area contributed by atoms with Gasteiger partial charge in [-0.05, 0) is 36.4 Å². The number of carbonyl (C=O) groups is 2. The van der Waals surface area contributed by atoms with Crippen molar-refractivity contribution >= 4 is 17.5 Å². The molecule has 0 radical (unpaired) electrons. The van der Waals surface area contributed by atoms with Crippen molar-refractivity contribution in [1.29, 1.82) is 0 Å². The number of anilines is 1. The maximum absolute atomic E-state index is 13.1. The Hall–Kier alpha value is -3.62. The molecule has 152 valence electrons. The molecule has 9 heteroatoms. The summed E-state index contributed by atoms with van der Waals surface area (Å²) in [5, 5.41) is 3.97. The predicted molar refractivity (Wildman–Crippen MR) is 104 cm³/mol. The van der Waals surface area contributed by atoms with Gasteiger partial charge in [0, 0.05) is 37.9 Å². The molecular weight excluding hydrogens is 389 g/mol. The average Bonchev–Trinajstić information content (AvgIpc) is 3.35. The van der Waals surface area contributed by atoms with Gasteiger partial charge in [0.15, 0.2) is 0 Å². The summed E-state index contributed by atoms with van der Waals surface area (Å²) in [4.78, 5) is 37.0. The zero-order valence-corrected chi connectivity index (χ0v) is 15.9. The van der Waals surface area contributed by atoms with Crippen molar-refractivity contribution in [3.05, 3.63) is 60.4 Å². The molecule has 0 bridgehead atoms. The maximum Gasteiger partial charge on any atom is 0.233 e. The van der Waals surface area contributed by atoms with Crippen LogP contribution in [0.3, 0.4) is 0 Å². The number of pyridine rings is 1. The summed E-state index contributed by atoms with van der Waals surface area (Å²) in [5.74, 6) is -0.0826. The molecule has 4 heterocycles. The third-order valence-electron chi connectivity index (χ3n) is 5.49. The van der Waals surface area contributed by atoms with Gasteiger partial charge in [-0.25, -0.2) is 4.39 Å². The molecule has 2 saturated heterocycles. The highest BCUT2D eigenvalue weighted by Gasteiger charge is 2.42. The summed E-state index contributed by atoms with van der Waals surface area (Å²) in [6, 6.07) is 11.2. The van der Waals surface area contributed by atoms with Gasteiger partial charge in [0.05, 0.1) is 11.8 Å². The number of halogens is 1. The van der Waals surface area contributed by atoms with Crippen molar-refractivity contribution in [3.63, 3.8) is 0 Å². The fourth-order valence-corrected chi connectivity index (χ4v) is 3.82. The van der Waals surface area contributed by atoms with Crippen LogP contribution in [0.5, 0.6) is 0 Å². The molecule has 8 nitrogen and oxygen atoms in total. The molecule has 2 amide bonds. The van der Waals surface area contributed by atoms with Crippen LogP contribution in [-0.2, 0) is 9.59 Å². The van der Waals surface area contributed by atoms with Crippen LogP contribution in [0.25, 0.3) is 11.5 Å². The van der Waals surface area contributed by atoms with Crippen molar-refractivity contribution in [1.82, 2.24) is 20.0 Å². The number of benzene rings is 1. The summed E-state index contributed by atoms with van der Waals surface area (Å²) < 4.78 is 18.5. The van der Waals surface area contributed by atoms with Crippen LogP contribution in [0.15, 0.2) is 53.2 Å². The number of amides is 2. The summed E-state index contributed by atoms with van der Waals surface area (Å²) >= 11 is 0. The lowest BCUT2D eigenvalue weighted by Gasteiger charge is -2.38. The second kappa shape index (κ2) is 7.33. The van der Waals surface area contributed by atoms with E-state index in [4.69, 9.17) is 4.52 Å². The molecule has 2 aromatic heterocycles. The van der Waals surface area contributed by atoms with Gasteiger partial charge in [-0.15, -0.1) is 0 Å². The van der Waals surface area contributed by atoms with Crippen molar-refractivity contribution in [2.45, 2.75) is 12.3 Å². The van der Waals surface area contributed by atoms with Gasteiger partial charge < -0.3 is 14.3 Å². The van der Waals surface area contributed by atoms with E-state index in [2.05, 4.69) is 15.1 Å². The van der Waals surface area contributed by atoms with E-state index in [0.29, 0.717) is 42.7 Å². The van der Waals surface area contributed by atoms with Gasteiger partial charge in [-0.3, -0.25) is 14.6 Å². The number of likely N-dealkylation sites (tertiary alicyclic amines) is 1. The van der Waals surface area contributed by atoms with E-state index in [1.165, 1.54) is 17.0 Å². The minimum Gasteiger partial charge on any atom is -0.341 e. The number of hydrogen-bond acceptors (Lipinski definition) is 6. The van der Waals surface area contributed by atoms with Crippen molar-refractivity contribution in [2.75, 3.05) is 24.5 Å². The molecule has 2 aliphatic rings. The highest BCUT2D eigenvalue weighted by molar-refractivity contribution is 6.00. The zero-order chi connectivity index (χ0) is 20.7. The summed E-state index contributed by atoms with van der Waals surface area (Å²) in [6.07, 6.45) is 1.81. The van der Waals surface area contributed by atoms with Crippen LogP contribution < -0.4 is 4.90 Å². The highest BCUT2D eigenvalue weighted by Crippen LogP contribution is 2.32. The Kier molecular flexibility index (Phi) is 4.50. The quantitative estimate of drug-likeness (QED) is 0.659. The first-order valence-electron chi connectivity index (χ1n) is 9.68. The molecule has 1 atom stereocenters. The van der Waals surface area contributed by atoms with E-state index >= 15 is 0 Å². The van der Waals surface area contributed by atoms with Gasteiger partial charge in [-0.1, -0.05) is 11.2 Å². The first-order chi connectivity index (χ1) is 14.6. The second-order valence-corrected chi connectivity index (χ2v) is 7.49. The van der Waals surface area contributed by atoms with E-state index in [1.54, 1.807) is 29.3 Å². The molecule has 3 aromatic rings. The minimum absolute atomic E-state index is 0.0239. The molecule has 0 spiro atoms. The van der Waals surface area contributed by atoms with E-state index < -0.39 is 5.92 Å². The van der Waals surface area contributed by atoms with Crippen LogP contribution in [0.4, 0.5) is 10.1 Å². The maximum atomic E-state index is 13.1. The molecule has 5 rings (SSSR count). The smallest absolute Gasteiger partial charge is 0.233 e. The molecule has 30 heavy (non-hydrogen) atoms. The molecule has 0 aliphatic carbocycles. The van der Waals surface area contributed by atoms with Crippen LogP contribution in [0.1, 0.15) is 18.2 Å². The Balaban J connectivity index is 1.20. The Morgan fingerprint density at radius 3 is 2.63 bits per heavy atom. The number of hydrogen-bond donors (Lipinski definition) is 0. The third-order valence-corrected chi connectivity index (χ3v) is 5.49. The van der Waals surface area contributed by atoms with Crippen LogP contribution in [0, 0.1) is 11.7 Å². The Bertz CT molecular complexity index is 1080. The van der Waals surface area contributed by atoms with E-state index in [9.17, 15) is 14.0 Å². The minimum atomic E-state index is -0.407. The third kappa shape index (κ3) is 3.32. The number of rotatable bonds is 4. The molecule has 2 fully saturated rings. The Morgan fingerprint density at radius 2 is 1.90 bits per heavy atom. The van der Waals surface area contributed by atoms with Gasteiger partial charge in [0.1, 0.15) is 11.5 Å². The standard InChI is InChI=1S/C21H18FN5O3/c22-15-4-6-16(7-5-15)27-12-13(9-18(27)28)21(29)26-10-14(11-26)20-24-19(25-30-20)17-3-1-2-8-23-17/h1-8,13-14H,9-12H2. The van der Waals surface area contributed by atoms with Gasteiger partial charge in [-0.2, -0.15) is 4.98 Å². The number of nitrogens with zero attached hydrogens (tertiary/aromatic N) is 5. The van der Waals surface area contributed by atoms with Crippen LogP contribution >= 0.6 is 0 Å². The summed E-state index contributed by atoms with van der Waals surface area (Å²) in [6.45, 7) is 1.25. The van der Waals surface area contributed by atoms with Gasteiger partial charge >= 0.3 is 0 Å². The SMILES string of the molecule is O=C(C1CC(=O)N(c2ccc(F)cc2)C1)N1CC(c2nc(-c3ccccn3)no2)C1. The Labute approximate surface area is 171 Å². The van der Waals surface area contributed by atoms with Crippen molar-refractivity contribution in [2.24, 2.45) is 5.92 Å². The summed E-state index contributed by atoms with van der Waals surface area (Å²) in [7, 11) is 0. The first kappa shape index (κ1) is 18.4. The Morgan fingerprint density at radius 1 is 1.10 bits per heavy atom. The number of aromatic nitrogens is 3. The second-order valence-electron chi connectivity index (χ2n) is 7.49. The fourth-order valence-electron chi connectivity index (χ4n) is 3.82. The zero-order valence-electron chi connectivity index (χ0n) is 15.9.